The predicted octanol–water partition coefficient (Wildman–Crippen LogP) is 4.20. The predicted molar refractivity (Wildman–Crippen MR) is 75.7 cm³/mol. The maximum Gasteiger partial charge on any atom is 0.336 e. The SMILES string of the molecule is O=C(O)c1c2c(nc3cc(F)c(Br)cc13)C1CCC2C1. The number of benzene rings is 1. The maximum absolute atomic E-state index is 13.7. The van der Waals surface area contributed by atoms with Gasteiger partial charge in [-0.15, -0.1) is 0 Å². The van der Waals surface area contributed by atoms with Crippen LogP contribution in [-0.4, -0.2) is 16.1 Å². The molecule has 2 atom stereocenters. The van der Waals surface area contributed by atoms with E-state index in [4.69, 9.17) is 0 Å². The Morgan fingerprint density at radius 1 is 1.35 bits per heavy atom. The van der Waals surface area contributed by atoms with Crippen molar-refractivity contribution in [3.63, 3.8) is 0 Å². The molecule has 0 spiro atoms. The van der Waals surface area contributed by atoms with Crippen molar-refractivity contribution in [1.29, 1.82) is 0 Å². The summed E-state index contributed by atoms with van der Waals surface area (Å²) in [6, 6.07) is 2.85. The van der Waals surface area contributed by atoms with Crippen LogP contribution in [0, 0.1) is 5.82 Å². The van der Waals surface area contributed by atoms with Crippen molar-refractivity contribution >= 4 is 32.8 Å². The van der Waals surface area contributed by atoms with Gasteiger partial charge in [0.2, 0.25) is 0 Å². The van der Waals surface area contributed by atoms with Gasteiger partial charge in [-0.3, -0.25) is 4.98 Å². The molecule has 2 aliphatic rings. The van der Waals surface area contributed by atoms with Crippen LogP contribution in [0.3, 0.4) is 0 Å². The zero-order valence-electron chi connectivity index (χ0n) is 10.5. The molecule has 1 fully saturated rings. The molecule has 1 saturated carbocycles. The number of fused-ring (bicyclic) bond motifs is 6. The second-order valence-corrected chi connectivity index (χ2v) is 6.44. The van der Waals surface area contributed by atoms with Crippen LogP contribution in [0.4, 0.5) is 4.39 Å². The van der Waals surface area contributed by atoms with Gasteiger partial charge >= 0.3 is 5.97 Å². The van der Waals surface area contributed by atoms with E-state index in [0.29, 0.717) is 28.3 Å². The molecule has 4 rings (SSSR count). The van der Waals surface area contributed by atoms with Gasteiger partial charge in [0.25, 0.3) is 0 Å². The molecule has 0 aliphatic heterocycles. The number of carbonyl (C=O) groups is 1. The fraction of sp³-hybridized carbons (Fsp3) is 0.333. The molecular weight excluding hydrogens is 325 g/mol. The van der Waals surface area contributed by atoms with Crippen molar-refractivity contribution in [2.45, 2.75) is 31.1 Å². The number of hydrogen-bond acceptors (Lipinski definition) is 2. The van der Waals surface area contributed by atoms with Gasteiger partial charge in [0.05, 0.1) is 15.6 Å². The normalized spacial score (nSPS) is 23.3. The Hall–Kier alpha value is -1.49. The summed E-state index contributed by atoms with van der Waals surface area (Å²) in [6.45, 7) is 0. The Morgan fingerprint density at radius 2 is 2.10 bits per heavy atom. The number of nitrogens with zero attached hydrogens (tertiary/aromatic N) is 1. The second kappa shape index (κ2) is 4.01. The third-order valence-corrected chi connectivity index (χ3v) is 5.14. The number of carboxylic acids is 1. The number of aromatic carboxylic acids is 1. The first-order chi connectivity index (χ1) is 9.56. The molecule has 1 aromatic carbocycles. The van der Waals surface area contributed by atoms with E-state index in [2.05, 4.69) is 20.9 Å². The van der Waals surface area contributed by atoms with E-state index < -0.39 is 11.8 Å². The Kier molecular flexibility index (Phi) is 2.46. The van der Waals surface area contributed by atoms with Crippen molar-refractivity contribution in [2.24, 2.45) is 0 Å². The van der Waals surface area contributed by atoms with Crippen molar-refractivity contribution in [3.05, 3.63) is 39.2 Å². The van der Waals surface area contributed by atoms with Crippen LogP contribution in [0.25, 0.3) is 10.9 Å². The highest BCUT2D eigenvalue weighted by Gasteiger charge is 2.41. The summed E-state index contributed by atoms with van der Waals surface area (Å²) in [5.41, 5.74) is 2.53. The summed E-state index contributed by atoms with van der Waals surface area (Å²) >= 11 is 3.13. The highest BCUT2D eigenvalue weighted by Crippen LogP contribution is 2.54. The minimum Gasteiger partial charge on any atom is -0.478 e. The summed E-state index contributed by atoms with van der Waals surface area (Å²) in [5, 5.41) is 10.1. The van der Waals surface area contributed by atoms with E-state index >= 15 is 0 Å². The topological polar surface area (TPSA) is 50.2 Å². The van der Waals surface area contributed by atoms with E-state index in [1.165, 1.54) is 12.1 Å². The summed E-state index contributed by atoms with van der Waals surface area (Å²) in [4.78, 5) is 16.3. The molecule has 2 aromatic rings. The zero-order chi connectivity index (χ0) is 14.0. The van der Waals surface area contributed by atoms with Gasteiger partial charge in [-0.2, -0.15) is 0 Å². The monoisotopic (exact) mass is 335 g/mol. The average Bonchev–Trinajstić information content (AvgIpc) is 2.98. The lowest BCUT2D eigenvalue weighted by Crippen LogP contribution is -2.11. The minimum atomic E-state index is -0.945. The maximum atomic E-state index is 13.7. The molecular formula is C15H11BrFNO2. The standard InChI is InChI=1S/C15H11BrFNO2/c16-9-4-8-11(5-10(9)17)18-14-7-2-1-6(3-7)12(14)13(8)15(19)20/h4-7H,1-3H2,(H,19,20). The van der Waals surface area contributed by atoms with Gasteiger partial charge in [-0.05, 0) is 52.7 Å². The molecule has 1 heterocycles. The first-order valence-corrected chi connectivity index (χ1v) is 7.41. The van der Waals surface area contributed by atoms with E-state index in [1.54, 1.807) is 0 Å². The summed E-state index contributed by atoms with van der Waals surface area (Å²) in [5.74, 6) is -0.699. The molecule has 2 unspecified atom stereocenters. The molecule has 5 heteroatoms. The minimum absolute atomic E-state index is 0.275. The van der Waals surface area contributed by atoms with Crippen molar-refractivity contribution in [2.75, 3.05) is 0 Å². The number of carboxylic acid groups (broad SMARTS) is 1. The molecule has 2 bridgehead atoms. The highest BCUT2D eigenvalue weighted by molar-refractivity contribution is 9.10. The zero-order valence-corrected chi connectivity index (χ0v) is 12.1. The number of pyridine rings is 1. The van der Waals surface area contributed by atoms with Crippen LogP contribution in [0.15, 0.2) is 16.6 Å². The Bertz CT molecular complexity index is 774. The largest absolute Gasteiger partial charge is 0.478 e. The molecule has 3 nitrogen and oxygen atoms in total. The van der Waals surface area contributed by atoms with Crippen LogP contribution in [0.2, 0.25) is 0 Å². The van der Waals surface area contributed by atoms with Crippen LogP contribution in [0.1, 0.15) is 52.7 Å². The summed E-state index contributed by atoms with van der Waals surface area (Å²) < 4.78 is 14.0. The Morgan fingerprint density at radius 3 is 2.85 bits per heavy atom. The van der Waals surface area contributed by atoms with Gasteiger partial charge in [-0.1, -0.05) is 0 Å². The van der Waals surface area contributed by atoms with E-state index in [-0.39, 0.29) is 4.47 Å². The second-order valence-electron chi connectivity index (χ2n) is 5.58. The fourth-order valence-corrected chi connectivity index (χ4v) is 4.08. The van der Waals surface area contributed by atoms with Gasteiger partial charge in [0, 0.05) is 23.1 Å². The number of aromatic nitrogens is 1. The Labute approximate surface area is 122 Å². The summed E-state index contributed by atoms with van der Waals surface area (Å²) in [6.07, 6.45) is 3.09. The molecule has 20 heavy (non-hydrogen) atoms. The van der Waals surface area contributed by atoms with Gasteiger partial charge in [-0.25, -0.2) is 9.18 Å². The lowest BCUT2D eigenvalue weighted by molar-refractivity contribution is 0.0697. The van der Waals surface area contributed by atoms with Gasteiger partial charge in [0.15, 0.2) is 0 Å². The summed E-state index contributed by atoms with van der Waals surface area (Å²) in [7, 11) is 0. The van der Waals surface area contributed by atoms with Crippen LogP contribution >= 0.6 is 15.9 Å². The fourth-order valence-electron chi connectivity index (χ4n) is 3.74. The van der Waals surface area contributed by atoms with Gasteiger partial charge < -0.3 is 5.11 Å². The van der Waals surface area contributed by atoms with Crippen LogP contribution in [0.5, 0.6) is 0 Å². The van der Waals surface area contributed by atoms with Crippen molar-refractivity contribution in [1.82, 2.24) is 4.98 Å². The van der Waals surface area contributed by atoms with Crippen molar-refractivity contribution in [3.8, 4) is 0 Å². The molecule has 0 saturated heterocycles. The smallest absolute Gasteiger partial charge is 0.336 e. The first-order valence-electron chi connectivity index (χ1n) is 6.62. The third kappa shape index (κ3) is 1.50. The molecule has 0 radical (unpaired) electrons. The molecule has 0 amide bonds. The van der Waals surface area contributed by atoms with E-state index in [1.807, 2.05) is 0 Å². The third-order valence-electron chi connectivity index (χ3n) is 4.54. The van der Waals surface area contributed by atoms with Gasteiger partial charge in [0.1, 0.15) is 5.82 Å². The number of rotatable bonds is 1. The first kappa shape index (κ1) is 12.3. The number of halogens is 2. The van der Waals surface area contributed by atoms with Crippen LogP contribution in [-0.2, 0) is 0 Å². The number of hydrogen-bond donors (Lipinski definition) is 1. The average molecular weight is 336 g/mol. The van der Waals surface area contributed by atoms with Crippen LogP contribution < -0.4 is 0 Å². The molecule has 102 valence electrons. The highest BCUT2D eigenvalue weighted by atomic mass is 79.9. The lowest BCUT2D eigenvalue weighted by atomic mass is 9.89. The molecule has 1 N–H and O–H groups in total. The van der Waals surface area contributed by atoms with Crippen molar-refractivity contribution < 1.29 is 14.3 Å². The molecule has 1 aromatic heterocycles. The quantitative estimate of drug-likeness (QED) is 0.849. The van der Waals surface area contributed by atoms with E-state index in [9.17, 15) is 14.3 Å². The molecule has 2 aliphatic carbocycles. The van der Waals surface area contributed by atoms with E-state index in [0.717, 1.165) is 30.5 Å². The Balaban J connectivity index is 2.15. The lowest BCUT2D eigenvalue weighted by Gasteiger charge is -2.18.